The molecule has 5 heterocycles. The molecular weight excluding hydrogens is 550 g/mol. The lowest BCUT2D eigenvalue weighted by Crippen LogP contribution is -2.60. The summed E-state index contributed by atoms with van der Waals surface area (Å²) in [6.07, 6.45) is 3.57. The van der Waals surface area contributed by atoms with Gasteiger partial charge in [0.05, 0.1) is 23.4 Å². The third-order valence-corrected chi connectivity index (χ3v) is 9.13. The molecule has 3 aliphatic rings. The fraction of sp³-hybridized carbons (Fsp3) is 0.469. The van der Waals surface area contributed by atoms with E-state index in [-0.39, 0.29) is 23.2 Å². The SMILES string of the molecule is Cc1nc2c(F)cc(-c3nc(Nc4ccc5c(c4)OC[C@@H]4CN(C6CCN(C)CC6)CCN54)ncc3F)cc2n1C(C)C. The van der Waals surface area contributed by atoms with E-state index < -0.39 is 11.6 Å². The maximum absolute atomic E-state index is 15.1. The predicted octanol–water partition coefficient (Wildman–Crippen LogP) is 5.38. The van der Waals surface area contributed by atoms with Crippen LogP contribution in [-0.4, -0.2) is 87.8 Å². The van der Waals surface area contributed by atoms with Gasteiger partial charge in [-0.2, -0.15) is 0 Å². The van der Waals surface area contributed by atoms with E-state index in [1.807, 2.05) is 37.5 Å². The molecule has 11 heteroatoms. The van der Waals surface area contributed by atoms with Gasteiger partial charge in [0.15, 0.2) is 11.6 Å². The third kappa shape index (κ3) is 5.18. The van der Waals surface area contributed by atoms with Crippen molar-refractivity contribution in [2.75, 3.05) is 56.6 Å². The molecule has 2 aromatic carbocycles. The second kappa shape index (κ2) is 11.0. The number of likely N-dealkylation sites (tertiary alicyclic amines) is 1. The number of imidazole rings is 1. The average Bonchev–Trinajstić information content (AvgIpc) is 3.34. The van der Waals surface area contributed by atoms with E-state index >= 15 is 8.78 Å². The number of hydrogen-bond acceptors (Lipinski definition) is 8. The summed E-state index contributed by atoms with van der Waals surface area (Å²) in [6, 6.07) is 10.1. The molecule has 0 saturated carbocycles. The number of nitrogens with zero attached hydrogens (tertiary/aromatic N) is 7. The molecule has 0 spiro atoms. The summed E-state index contributed by atoms with van der Waals surface area (Å²) in [5.41, 5.74) is 3.04. The first-order valence-corrected chi connectivity index (χ1v) is 15.2. The molecule has 0 aliphatic carbocycles. The lowest BCUT2D eigenvalue weighted by Gasteiger charge is -2.48. The summed E-state index contributed by atoms with van der Waals surface area (Å²) in [5.74, 6) is 0.578. The highest BCUT2D eigenvalue weighted by Crippen LogP contribution is 2.38. The number of rotatable bonds is 5. The second-order valence-corrected chi connectivity index (χ2v) is 12.3. The summed E-state index contributed by atoms with van der Waals surface area (Å²) in [7, 11) is 2.20. The monoisotopic (exact) mass is 588 g/mol. The second-order valence-electron chi connectivity index (χ2n) is 12.3. The van der Waals surface area contributed by atoms with Gasteiger partial charge in [0.25, 0.3) is 0 Å². The van der Waals surface area contributed by atoms with E-state index in [4.69, 9.17) is 4.74 Å². The van der Waals surface area contributed by atoms with Gasteiger partial charge in [-0.05, 0) is 78.0 Å². The maximum Gasteiger partial charge on any atom is 0.227 e. The van der Waals surface area contributed by atoms with Crippen molar-refractivity contribution in [2.45, 2.75) is 51.7 Å². The minimum Gasteiger partial charge on any atom is -0.489 e. The van der Waals surface area contributed by atoms with Crippen molar-refractivity contribution in [3.63, 3.8) is 0 Å². The van der Waals surface area contributed by atoms with Crippen LogP contribution in [0.1, 0.15) is 38.6 Å². The molecule has 0 bridgehead atoms. The summed E-state index contributed by atoms with van der Waals surface area (Å²) >= 11 is 0. The van der Waals surface area contributed by atoms with Gasteiger partial charge in [0, 0.05) is 49.0 Å². The predicted molar refractivity (Wildman–Crippen MR) is 164 cm³/mol. The van der Waals surface area contributed by atoms with E-state index in [1.54, 1.807) is 6.07 Å². The third-order valence-electron chi connectivity index (χ3n) is 9.13. The number of nitrogens with one attached hydrogen (secondary N) is 1. The Hall–Kier alpha value is -3.83. The van der Waals surface area contributed by atoms with Crippen LogP contribution in [0.2, 0.25) is 0 Å². The average molecular weight is 589 g/mol. The molecule has 9 nitrogen and oxygen atoms in total. The number of ether oxygens (including phenoxy) is 1. The molecule has 3 aliphatic heterocycles. The Labute approximate surface area is 250 Å². The molecule has 226 valence electrons. The molecule has 1 atom stereocenters. The van der Waals surface area contributed by atoms with Crippen LogP contribution in [0.15, 0.2) is 36.5 Å². The molecule has 0 radical (unpaired) electrons. The zero-order valence-electron chi connectivity index (χ0n) is 25.1. The smallest absolute Gasteiger partial charge is 0.227 e. The Morgan fingerprint density at radius 2 is 1.79 bits per heavy atom. The van der Waals surface area contributed by atoms with E-state index in [0.717, 1.165) is 43.0 Å². The molecule has 0 unspecified atom stereocenters. The number of anilines is 3. The molecule has 1 N–H and O–H groups in total. The van der Waals surface area contributed by atoms with E-state index in [9.17, 15) is 0 Å². The Balaban J connectivity index is 1.10. The molecule has 0 amide bonds. The molecular formula is C32H38F2N8O. The Morgan fingerprint density at radius 1 is 0.977 bits per heavy atom. The Morgan fingerprint density at radius 3 is 2.58 bits per heavy atom. The minimum absolute atomic E-state index is 0.0204. The van der Waals surface area contributed by atoms with Gasteiger partial charge in [-0.3, -0.25) is 4.90 Å². The fourth-order valence-electron chi connectivity index (χ4n) is 6.98. The number of hydrogen-bond donors (Lipinski definition) is 1. The molecule has 43 heavy (non-hydrogen) atoms. The van der Waals surface area contributed by atoms with E-state index in [2.05, 4.69) is 48.1 Å². The van der Waals surface area contributed by atoms with Crippen molar-refractivity contribution in [3.05, 3.63) is 54.0 Å². The fourth-order valence-corrected chi connectivity index (χ4v) is 6.98. The highest BCUT2D eigenvalue weighted by Gasteiger charge is 2.36. The van der Waals surface area contributed by atoms with Crippen molar-refractivity contribution in [2.24, 2.45) is 0 Å². The first-order valence-electron chi connectivity index (χ1n) is 15.2. The van der Waals surface area contributed by atoms with Gasteiger partial charge in [-0.1, -0.05) is 0 Å². The van der Waals surface area contributed by atoms with Crippen LogP contribution in [0, 0.1) is 18.6 Å². The van der Waals surface area contributed by atoms with Gasteiger partial charge in [0.2, 0.25) is 5.95 Å². The highest BCUT2D eigenvalue weighted by molar-refractivity contribution is 5.83. The van der Waals surface area contributed by atoms with Crippen LogP contribution in [0.5, 0.6) is 5.75 Å². The Bertz CT molecular complexity index is 1670. The van der Waals surface area contributed by atoms with Crippen molar-refractivity contribution in [3.8, 4) is 17.0 Å². The number of benzene rings is 2. The number of piperazine rings is 1. The number of piperidine rings is 1. The Kier molecular flexibility index (Phi) is 7.17. The molecule has 7 rings (SSSR count). The quantitative estimate of drug-likeness (QED) is 0.333. The number of aryl methyl sites for hydroxylation is 1. The molecule has 2 aromatic heterocycles. The maximum atomic E-state index is 15.1. The van der Waals surface area contributed by atoms with Crippen molar-refractivity contribution >= 4 is 28.4 Å². The summed E-state index contributed by atoms with van der Waals surface area (Å²) in [4.78, 5) is 20.5. The molecule has 2 fully saturated rings. The van der Waals surface area contributed by atoms with Gasteiger partial charge < -0.3 is 24.4 Å². The normalized spacial score (nSPS) is 19.9. The van der Waals surface area contributed by atoms with Gasteiger partial charge in [0.1, 0.15) is 29.4 Å². The summed E-state index contributed by atoms with van der Waals surface area (Å²) < 4.78 is 38.3. The topological polar surface area (TPSA) is 74.6 Å². The molecule has 4 aromatic rings. The van der Waals surface area contributed by atoms with Crippen LogP contribution >= 0.6 is 0 Å². The zero-order chi connectivity index (χ0) is 29.8. The van der Waals surface area contributed by atoms with Crippen molar-refractivity contribution in [1.29, 1.82) is 0 Å². The van der Waals surface area contributed by atoms with Crippen LogP contribution in [0.25, 0.3) is 22.3 Å². The van der Waals surface area contributed by atoms with Crippen LogP contribution in [-0.2, 0) is 0 Å². The lowest BCUT2D eigenvalue weighted by atomic mass is 10.00. The number of halogens is 2. The van der Waals surface area contributed by atoms with E-state index in [1.165, 1.54) is 32.0 Å². The first-order chi connectivity index (χ1) is 20.7. The van der Waals surface area contributed by atoms with Crippen molar-refractivity contribution < 1.29 is 13.5 Å². The van der Waals surface area contributed by atoms with E-state index in [0.29, 0.717) is 35.6 Å². The van der Waals surface area contributed by atoms with Gasteiger partial charge >= 0.3 is 0 Å². The van der Waals surface area contributed by atoms with Crippen LogP contribution in [0.3, 0.4) is 0 Å². The molecule has 2 saturated heterocycles. The van der Waals surface area contributed by atoms with Crippen molar-refractivity contribution in [1.82, 2.24) is 29.3 Å². The summed E-state index contributed by atoms with van der Waals surface area (Å²) in [6.45, 7) is 11.9. The van der Waals surface area contributed by atoms with Crippen LogP contribution in [0.4, 0.5) is 26.1 Å². The lowest BCUT2D eigenvalue weighted by molar-refractivity contribution is 0.0868. The summed E-state index contributed by atoms with van der Waals surface area (Å²) in [5, 5.41) is 3.19. The van der Waals surface area contributed by atoms with Crippen LogP contribution < -0.4 is 15.0 Å². The standard InChI is InChI=1S/C32H38F2N8O/c1-19(2)42-20(3)36-31-25(33)13-21(14-28(31)42)30-26(34)16-35-32(38-30)37-22-5-6-27-29(15-22)43-18-24-17-40(11-12-41(24)27)23-7-9-39(4)10-8-23/h5-6,13-16,19,23-24H,7-12,17-18H2,1-4H3,(H,35,37,38)/t24-/m0/s1. The number of aromatic nitrogens is 4. The highest BCUT2D eigenvalue weighted by atomic mass is 19.1. The number of fused-ring (bicyclic) bond motifs is 4. The van der Waals surface area contributed by atoms with Gasteiger partial charge in [-0.25, -0.2) is 23.7 Å². The largest absolute Gasteiger partial charge is 0.489 e. The minimum atomic E-state index is -0.629. The van der Waals surface area contributed by atoms with Gasteiger partial charge in [-0.15, -0.1) is 0 Å². The zero-order valence-corrected chi connectivity index (χ0v) is 25.1. The first kappa shape index (κ1) is 28.0.